The fourth-order valence-corrected chi connectivity index (χ4v) is 4.23. The van der Waals surface area contributed by atoms with Gasteiger partial charge in [-0.3, -0.25) is 4.90 Å². The van der Waals surface area contributed by atoms with Gasteiger partial charge in [0.15, 0.2) is 0 Å². The Labute approximate surface area is 198 Å². The van der Waals surface area contributed by atoms with Gasteiger partial charge < -0.3 is 9.90 Å². The van der Waals surface area contributed by atoms with E-state index in [4.69, 9.17) is 0 Å². The van der Waals surface area contributed by atoms with Crippen molar-refractivity contribution in [2.24, 2.45) is 0 Å². The summed E-state index contributed by atoms with van der Waals surface area (Å²) < 4.78 is 0. The van der Waals surface area contributed by atoms with E-state index in [1.165, 1.54) is 77.0 Å². The number of hydrogen-bond donors (Lipinski definition) is 0. The van der Waals surface area contributed by atoms with Crippen LogP contribution >= 0.6 is 0 Å². The molecule has 0 fully saturated rings. The maximum absolute atomic E-state index is 11.4. The summed E-state index contributed by atoms with van der Waals surface area (Å²) in [7, 11) is 0. The van der Waals surface area contributed by atoms with Crippen LogP contribution in [-0.2, 0) is 4.79 Å². The van der Waals surface area contributed by atoms with Crippen molar-refractivity contribution >= 4 is 5.97 Å². The third-order valence-corrected chi connectivity index (χ3v) is 5.97. The van der Waals surface area contributed by atoms with E-state index in [1.54, 1.807) is 0 Å². The maximum Gasteiger partial charge on any atom is 1.00 e. The molecule has 0 saturated carbocycles. The normalized spacial score (nSPS) is 13.3. The predicted molar refractivity (Wildman–Crippen MR) is 116 cm³/mol. The first-order chi connectivity index (χ1) is 13.1. The van der Waals surface area contributed by atoms with Crippen molar-refractivity contribution in [1.29, 1.82) is 0 Å². The third kappa shape index (κ3) is 16.3. The SMILES string of the molecule is CCCCCCCCC(CC)N(CC(=O)[O-])C(CC)CCCCCCCC.[Na+]. The Morgan fingerprint density at radius 3 is 1.36 bits per heavy atom. The fraction of sp³-hybridized carbons (Fsp3) is 0.958. The molecule has 0 aromatic heterocycles. The van der Waals surface area contributed by atoms with Crippen LogP contribution in [0.15, 0.2) is 0 Å². The van der Waals surface area contributed by atoms with Crippen LogP contribution in [0.5, 0.6) is 0 Å². The van der Waals surface area contributed by atoms with Gasteiger partial charge in [0, 0.05) is 18.6 Å². The third-order valence-electron chi connectivity index (χ3n) is 5.97. The summed E-state index contributed by atoms with van der Waals surface area (Å²) in [4.78, 5) is 13.7. The summed E-state index contributed by atoms with van der Waals surface area (Å²) >= 11 is 0. The van der Waals surface area contributed by atoms with Gasteiger partial charge in [0.25, 0.3) is 0 Å². The van der Waals surface area contributed by atoms with Crippen LogP contribution in [-0.4, -0.2) is 29.5 Å². The van der Waals surface area contributed by atoms with Crippen molar-refractivity contribution in [3.05, 3.63) is 0 Å². The second-order valence-corrected chi connectivity index (χ2v) is 8.28. The molecule has 0 aliphatic rings. The number of carbonyl (C=O) groups is 1. The van der Waals surface area contributed by atoms with Gasteiger partial charge in [0.2, 0.25) is 0 Å². The summed E-state index contributed by atoms with van der Waals surface area (Å²) in [5, 5.41) is 11.4. The van der Waals surface area contributed by atoms with Gasteiger partial charge in [0.1, 0.15) is 0 Å². The van der Waals surface area contributed by atoms with E-state index in [2.05, 4.69) is 32.6 Å². The van der Waals surface area contributed by atoms with Crippen molar-refractivity contribution in [2.75, 3.05) is 6.54 Å². The Hall–Kier alpha value is 0.430. The molecule has 0 aliphatic carbocycles. The summed E-state index contributed by atoms with van der Waals surface area (Å²) in [5.41, 5.74) is 0. The largest absolute Gasteiger partial charge is 1.00 e. The van der Waals surface area contributed by atoms with Gasteiger partial charge in [0.05, 0.1) is 5.97 Å². The number of aliphatic carboxylic acids is 1. The zero-order valence-electron chi connectivity index (χ0n) is 19.9. The van der Waals surface area contributed by atoms with Gasteiger partial charge >= 0.3 is 29.6 Å². The Balaban J connectivity index is 0. The van der Waals surface area contributed by atoms with Crippen molar-refractivity contribution in [2.45, 2.75) is 143 Å². The molecule has 0 N–H and O–H groups in total. The fourth-order valence-electron chi connectivity index (χ4n) is 4.23. The second kappa shape index (κ2) is 22.1. The molecule has 2 atom stereocenters. The molecule has 162 valence electrons. The molecule has 0 aromatic rings. The van der Waals surface area contributed by atoms with Gasteiger partial charge in [-0.25, -0.2) is 0 Å². The van der Waals surface area contributed by atoms with Gasteiger partial charge in [-0.15, -0.1) is 0 Å². The molecule has 4 heteroatoms. The van der Waals surface area contributed by atoms with Crippen molar-refractivity contribution in [1.82, 2.24) is 4.90 Å². The minimum Gasteiger partial charge on any atom is -0.549 e. The molecular weight excluding hydrogens is 357 g/mol. The number of carboxylic acids is 1. The minimum atomic E-state index is -0.919. The van der Waals surface area contributed by atoms with E-state index in [0.29, 0.717) is 12.1 Å². The number of unbranched alkanes of at least 4 members (excludes halogenated alkanes) is 10. The average molecular weight is 406 g/mol. The Morgan fingerprint density at radius 2 is 1.04 bits per heavy atom. The molecule has 0 radical (unpaired) electrons. The Bertz CT molecular complexity index is 315. The molecule has 0 bridgehead atoms. The van der Waals surface area contributed by atoms with Crippen LogP contribution in [0.4, 0.5) is 0 Å². The molecule has 2 unspecified atom stereocenters. The van der Waals surface area contributed by atoms with E-state index in [-0.39, 0.29) is 36.1 Å². The second-order valence-electron chi connectivity index (χ2n) is 8.28. The summed E-state index contributed by atoms with van der Waals surface area (Å²) in [6.07, 6.45) is 19.9. The number of nitrogens with zero attached hydrogens (tertiary/aromatic N) is 1. The molecule has 0 heterocycles. The van der Waals surface area contributed by atoms with Gasteiger partial charge in [-0.05, 0) is 25.7 Å². The zero-order chi connectivity index (χ0) is 20.3. The van der Waals surface area contributed by atoms with Crippen molar-refractivity contribution in [3.8, 4) is 0 Å². The molecular formula is C24H48NNaO2. The molecule has 0 saturated heterocycles. The minimum absolute atomic E-state index is 0. The molecule has 0 rings (SSSR count). The molecule has 3 nitrogen and oxygen atoms in total. The number of hydrogen-bond acceptors (Lipinski definition) is 3. The topological polar surface area (TPSA) is 43.4 Å². The van der Waals surface area contributed by atoms with Crippen LogP contribution in [0.1, 0.15) is 130 Å². The van der Waals surface area contributed by atoms with Gasteiger partial charge in [-0.1, -0.05) is 105 Å². The standard InChI is InChI=1S/C24H49NO2.Na/c1-5-9-11-13-15-17-19-22(7-3)25(21-24(26)27)23(8-4)20-18-16-14-12-10-6-2;/h22-23H,5-21H2,1-4H3,(H,26,27);/q;+1/p-1. The average Bonchev–Trinajstić information content (AvgIpc) is 2.65. The summed E-state index contributed by atoms with van der Waals surface area (Å²) in [6.45, 7) is 9.02. The molecule has 0 spiro atoms. The summed E-state index contributed by atoms with van der Waals surface area (Å²) in [6, 6.07) is 0.776. The number of carboxylic acid groups (broad SMARTS) is 1. The van der Waals surface area contributed by atoms with Crippen molar-refractivity contribution in [3.63, 3.8) is 0 Å². The Morgan fingerprint density at radius 1 is 0.679 bits per heavy atom. The van der Waals surface area contributed by atoms with Crippen LogP contribution in [0.3, 0.4) is 0 Å². The molecule has 28 heavy (non-hydrogen) atoms. The maximum atomic E-state index is 11.4. The van der Waals surface area contributed by atoms with E-state index < -0.39 is 5.97 Å². The van der Waals surface area contributed by atoms with E-state index in [1.807, 2.05) is 0 Å². The van der Waals surface area contributed by atoms with E-state index >= 15 is 0 Å². The quantitative estimate of drug-likeness (QED) is 0.231. The van der Waals surface area contributed by atoms with Crippen LogP contribution in [0, 0.1) is 0 Å². The van der Waals surface area contributed by atoms with Crippen molar-refractivity contribution < 1.29 is 39.5 Å². The smallest absolute Gasteiger partial charge is 0.549 e. The zero-order valence-corrected chi connectivity index (χ0v) is 21.9. The number of carbonyl (C=O) groups excluding carboxylic acids is 1. The van der Waals surface area contributed by atoms with Gasteiger partial charge in [-0.2, -0.15) is 0 Å². The monoisotopic (exact) mass is 405 g/mol. The van der Waals surface area contributed by atoms with Crippen LogP contribution < -0.4 is 34.7 Å². The Kier molecular flexibility index (Phi) is 24.2. The summed E-state index contributed by atoms with van der Waals surface area (Å²) in [5.74, 6) is -0.919. The first-order valence-corrected chi connectivity index (χ1v) is 12.1. The molecule has 0 aromatic carbocycles. The number of rotatable bonds is 20. The van der Waals surface area contributed by atoms with E-state index in [0.717, 1.165) is 25.7 Å². The van der Waals surface area contributed by atoms with Crippen LogP contribution in [0.2, 0.25) is 0 Å². The first-order valence-electron chi connectivity index (χ1n) is 12.1. The molecule has 0 aliphatic heterocycles. The van der Waals surface area contributed by atoms with E-state index in [9.17, 15) is 9.90 Å². The predicted octanol–water partition coefficient (Wildman–Crippen LogP) is 3.10. The molecule has 0 amide bonds. The van der Waals surface area contributed by atoms with Crippen LogP contribution in [0.25, 0.3) is 0 Å². The first kappa shape index (κ1) is 30.6.